The minimum Gasteiger partial charge on any atom is -0.323 e. The lowest BCUT2D eigenvalue weighted by Crippen LogP contribution is -2.15. The summed E-state index contributed by atoms with van der Waals surface area (Å²) in [7, 11) is 0. The van der Waals surface area contributed by atoms with Gasteiger partial charge in [0.1, 0.15) is 0 Å². The van der Waals surface area contributed by atoms with Crippen LogP contribution < -0.4 is 5.32 Å². The molecule has 0 radical (unpaired) electrons. The van der Waals surface area contributed by atoms with Crippen molar-refractivity contribution in [2.75, 3.05) is 5.32 Å². The van der Waals surface area contributed by atoms with Crippen molar-refractivity contribution in [3.63, 3.8) is 0 Å². The Bertz CT molecular complexity index is 956. The highest BCUT2D eigenvalue weighted by molar-refractivity contribution is 6.33. The summed E-state index contributed by atoms with van der Waals surface area (Å²) in [5.41, 5.74) is -0.175. The van der Waals surface area contributed by atoms with Gasteiger partial charge in [-0.15, -0.1) is 0 Å². The van der Waals surface area contributed by atoms with Crippen molar-refractivity contribution in [2.45, 2.75) is 12.6 Å². The van der Waals surface area contributed by atoms with Crippen LogP contribution in [0.2, 0.25) is 10.2 Å². The number of pyridine rings is 2. The van der Waals surface area contributed by atoms with E-state index in [1.165, 1.54) is 12.4 Å². The summed E-state index contributed by atoms with van der Waals surface area (Å²) in [5.74, 6) is -0.439. The fourth-order valence-electron chi connectivity index (χ4n) is 2.19. The molecule has 0 aliphatic rings. The van der Waals surface area contributed by atoms with E-state index in [9.17, 15) is 18.0 Å². The van der Waals surface area contributed by atoms with Crippen molar-refractivity contribution in [1.82, 2.24) is 14.4 Å². The molecular weight excluding hydrogens is 380 g/mol. The maximum atomic E-state index is 12.8. The quantitative estimate of drug-likeness (QED) is 0.682. The van der Waals surface area contributed by atoms with E-state index >= 15 is 0 Å². The molecule has 0 bridgehead atoms. The molecule has 130 valence electrons. The number of alkyl halides is 3. The minimum atomic E-state index is -4.53. The van der Waals surface area contributed by atoms with Gasteiger partial charge in [0.05, 0.1) is 28.4 Å². The lowest BCUT2D eigenvalue weighted by Gasteiger charge is -2.07. The Balaban J connectivity index is 1.83. The molecule has 0 aliphatic heterocycles. The Hall–Kier alpha value is -2.32. The minimum absolute atomic E-state index is 0.128. The number of rotatable bonds is 3. The van der Waals surface area contributed by atoms with Crippen molar-refractivity contribution in [2.24, 2.45) is 0 Å². The fraction of sp³-hybridized carbons (Fsp3) is 0.133. The first kappa shape index (κ1) is 17.5. The van der Waals surface area contributed by atoms with Gasteiger partial charge in [-0.05, 0) is 18.2 Å². The van der Waals surface area contributed by atoms with Gasteiger partial charge < -0.3 is 9.72 Å². The van der Waals surface area contributed by atoms with E-state index in [-0.39, 0.29) is 27.9 Å². The number of hydrogen-bond acceptors (Lipinski definition) is 3. The van der Waals surface area contributed by atoms with E-state index in [0.717, 1.165) is 16.7 Å². The Kier molecular flexibility index (Phi) is 4.57. The summed E-state index contributed by atoms with van der Waals surface area (Å²) in [4.78, 5) is 20.0. The molecule has 1 N–H and O–H groups in total. The number of amides is 1. The van der Waals surface area contributed by atoms with Gasteiger partial charge in [0, 0.05) is 18.6 Å². The van der Waals surface area contributed by atoms with Gasteiger partial charge in [-0.1, -0.05) is 23.2 Å². The topological polar surface area (TPSA) is 59.3 Å². The Morgan fingerprint density at radius 3 is 2.72 bits per heavy atom. The average Bonchev–Trinajstić information content (AvgIpc) is 2.91. The molecule has 3 heterocycles. The summed E-state index contributed by atoms with van der Waals surface area (Å²) in [6.07, 6.45) is -1.03. The first-order valence-electron chi connectivity index (χ1n) is 6.89. The predicted molar refractivity (Wildman–Crippen MR) is 86.8 cm³/mol. The molecule has 25 heavy (non-hydrogen) atoms. The van der Waals surface area contributed by atoms with Crippen LogP contribution >= 0.6 is 23.2 Å². The molecule has 0 saturated heterocycles. The van der Waals surface area contributed by atoms with Crippen LogP contribution in [0.15, 0.2) is 36.8 Å². The van der Waals surface area contributed by atoms with E-state index in [2.05, 4.69) is 15.3 Å². The molecule has 3 aromatic heterocycles. The molecule has 5 nitrogen and oxygen atoms in total. The van der Waals surface area contributed by atoms with E-state index in [4.69, 9.17) is 23.2 Å². The summed E-state index contributed by atoms with van der Waals surface area (Å²) in [6.45, 7) is 0. The third-order valence-electron chi connectivity index (χ3n) is 3.26. The molecule has 3 rings (SSSR count). The largest absolute Gasteiger partial charge is 0.417 e. The van der Waals surface area contributed by atoms with E-state index < -0.39 is 17.6 Å². The zero-order valence-electron chi connectivity index (χ0n) is 12.3. The highest BCUT2D eigenvalue weighted by atomic mass is 35.5. The van der Waals surface area contributed by atoms with Crippen LogP contribution in [0, 0.1) is 0 Å². The number of imidazole rings is 1. The third-order valence-corrected chi connectivity index (χ3v) is 3.84. The van der Waals surface area contributed by atoms with Crippen LogP contribution in [0.4, 0.5) is 18.9 Å². The van der Waals surface area contributed by atoms with Crippen molar-refractivity contribution < 1.29 is 18.0 Å². The van der Waals surface area contributed by atoms with Crippen LogP contribution in [0.25, 0.3) is 5.65 Å². The summed E-state index contributed by atoms with van der Waals surface area (Å²) in [5, 5.41) is 2.53. The van der Waals surface area contributed by atoms with Crippen LogP contribution in [-0.4, -0.2) is 20.3 Å². The predicted octanol–water partition coefficient (Wildman–Crippen LogP) is 4.24. The van der Waals surface area contributed by atoms with Gasteiger partial charge in [0.15, 0.2) is 10.8 Å². The SMILES string of the molecule is O=C(Cc1cn2cc(C(F)(F)F)cc(Cl)c2n1)Nc1cccnc1Cl. The fourth-order valence-corrected chi connectivity index (χ4v) is 2.61. The molecule has 0 unspecified atom stereocenters. The van der Waals surface area contributed by atoms with Crippen molar-refractivity contribution in [1.29, 1.82) is 0 Å². The number of nitrogens with one attached hydrogen (secondary N) is 1. The molecule has 3 aromatic rings. The Morgan fingerprint density at radius 1 is 1.28 bits per heavy atom. The summed E-state index contributed by atoms with van der Waals surface area (Å²) in [6, 6.07) is 3.97. The van der Waals surface area contributed by atoms with Gasteiger partial charge in [-0.25, -0.2) is 9.97 Å². The molecule has 1 amide bonds. The number of aromatic nitrogens is 3. The van der Waals surface area contributed by atoms with Crippen molar-refractivity contribution in [3.05, 3.63) is 58.2 Å². The molecule has 0 fully saturated rings. The van der Waals surface area contributed by atoms with Gasteiger partial charge in [0.25, 0.3) is 0 Å². The Labute approximate surface area is 149 Å². The van der Waals surface area contributed by atoms with Crippen molar-refractivity contribution >= 4 is 40.4 Å². The smallest absolute Gasteiger partial charge is 0.323 e. The molecule has 0 spiro atoms. The number of hydrogen-bond donors (Lipinski definition) is 1. The molecule has 0 aromatic carbocycles. The summed E-state index contributed by atoms with van der Waals surface area (Å²) < 4.78 is 39.6. The van der Waals surface area contributed by atoms with Crippen molar-refractivity contribution in [3.8, 4) is 0 Å². The molecule has 0 atom stereocenters. The average molecular weight is 389 g/mol. The monoisotopic (exact) mass is 388 g/mol. The second-order valence-electron chi connectivity index (χ2n) is 5.10. The highest BCUT2D eigenvalue weighted by Gasteiger charge is 2.32. The number of anilines is 1. The van der Waals surface area contributed by atoms with Crippen LogP contribution in [0.3, 0.4) is 0 Å². The van der Waals surface area contributed by atoms with Crippen LogP contribution in [0.1, 0.15) is 11.3 Å². The maximum absolute atomic E-state index is 12.8. The molecule has 0 aliphatic carbocycles. The van der Waals surface area contributed by atoms with Crippen LogP contribution in [-0.2, 0) is 17.4 Å². The third kappa shape index (κ3) is 3.85. The number of nitrogens with zero attached hydrogens (tertiary/aromatic N) is 3. The lowest BCUT2D eigenvalue weighted by atomic mass is 10.3. The standard InChI is InChI=1S/C15H9Cl2F3N4O/c16-10-4-8(15(18,19)20)6-24-7-9(22-14(10)24)5-12(25)23-11-2-1-3-21-13(11)17/h1-4,6-7H,5H2,(H,23,25). The zero-order valence-corrected chi connectivity index (χ0v) is 13.8. The number of carbonyl (C=O) groups is 1. The number of halogens is 5. The van der Waals surface area contributed by atoms with Gasteiger partial charge in [-0.3, -0.25) is 4.79 Å². The normalized spacial score (nSPS) is 11.7. The van der Waals surface area contributed by atoms with Gasteiger partial charge in [0.2, 0.25) is 5.91 Å². The zero-order chi connectivity index (χ0) is 18.2. The first-order valence-corrected chi connectivity index (χ1v) is 7.64. The number of fused-ring (bicyclic) bond motifs is 1. The molecule has 10 heteroatoms. The van der Waals surface area contributed by atoms with Gasteiger partial charge in [-0.2, -0.15) is 13.2 Å². The van der Waals surface area contributed by atoms with E-state index in [1.807, 2.05) is 0 Å². The second kappa shape index (κ2) is 6.53. The van der Waals surface area contributed by atoms with E-state index in [1.54, 1.807) is 12.1 Å². The molecular formula is C15H9Cl2F3N4O. The first-order chi connectivity index (χ1) is 11.7. The van der Waals surface area contributed by atoms with E-state index in [0.29, 0.717) is 5.69 Å². The summed E-state index contributed by atoms with van der Waals surface area (Å²) >= 11 is 11.7. The molecule has 0 saturated carbocycles. The number of carbonyl (C=O) groups excluding carboxylic acids is 1. The Morgan fingerprint density at radius 2 is 2.04 bits per heavy atom. The highest BCUT2D eigenvalue weighted by Crippen LogP contribution is 2.32. The maximum Gasteiger partial charge on any atom is 0.417 e. The second-order valence-corrected chi connectivity index (χ2v) is 5.87. The van der Waals surface area contributed by atoms with Gasteiger partial charge >= 0.3 is 6.18 Å². The van der Waals surface area contributed by atoms with Crippen LogP contribution in [0.5, 0.6) is 0 Å². The lowest BCUT2D eigenvalue weighted by molar-refractivity contribution is -0.137.